The van der Waals surface area contributed by atoms with Gasteiger partial charge in [0.1, 0.15) is 0 Å². The van der Waals surface area contributed by atoms with Crippen molar-refractivity contribution in [3.8, 4) is 0 Å². The molecule has 2 rings (SSSR count). The Morgan fingerprint density at radius 2 is 2.19 bits per heavy atom. The van der Waals surface area contributed by atoms with E-state index in [2.05, 4.69) is 45.3 Å². The van der Waals surface area contributed by atoms with Crippen molar-refractivity contribution in [2.45, 2.75) is 13.5 Å². The number of hydrogen-bond acceptors (Lipinski definition) is 2. The minimum atomic E-state index is 0.824. The van der Waals surface area contributed by atoms with Crippen molar-refractivity contribution < 1.29 is 0 Å². The number of nitrogens with zero attached hydrogens (tertiary/aromatic N) is 1. The number of pyridine rings is 1. The molecule has 0 unspecified atom stereocenters. The molecule has 0 fully saturated rings. The summed E-state index contributed by atoms with van der Waals surface area (Å²) in [4.78, 5) is 4.07. The molecule has 0 spiro atoms. The summed E-state index contributed by atoms with van der Waals surface area (Å²) in [7, 11) is 0. The maximum Gasteiger partial charge on any atom is 0.0403 e. The zero-order valence-corrected chi connectivity index (χ0v) is 10.7. The van der Waals surface area contributed by atoms with Crippen LogP contribution in [0, 0.1) is 6.92 Å². The normalized spacial score (nSPS) is 10.1. The van der Waals surface area contributed by atoms with Gasteiger partial charge in [-0.3, -0.25) is 4.98 Å². The Labute approximate surface area is 104 Å². The van der Waals surface area contributed by atoms with E-state index in [1.54, 1.807) is 6.20 Å². The van der Waals surface area contributed by atoms with Crippen LogP contribution >= 0.6 is 15.9 Å². The van der Waals surface area contributed by atoms with Crippen LogP contribution in [0.2, 0.25) is 0 Å². The molecule has 82 valence electrons. The molecule has 0 saturated heterocycles. The largest absolute Gasteiger partial charge is 0.381 e. The second-order valence-corrected chi connectivity index (χ2v) is 4.59. The molecule has 0 radical (unpaired) electrons. The van der Waals surface area contributed by atoms with E-state index in [1.165, 1.54) is 5.56 Å². The lowest BCUT2D eigenvalue weighted by Gasteiger charge is -2.08. The zero-order chi connectivity index (χ0) is 11.4. The quantitative estimate of drug-likeness (QED) is 0.923. The van der Waals surface area contributed by atoms with Gasteiger partial charge in [0.15, 0.2) is 0 Å². The Kier molecular flexibility index (Phi) is 3.57. The maximum atomic E-state index is 4.07. The number of benzene rings is 1. The van der Waals surface area contributed by atoms with Gasteiger partial charge in [-0.15, -0.1) is 0 Å². The smallest absolute Gasteiger partial charge is 0.0403 e. The number of anilines is 1. The van der Waals surface area contributed by atoms with Crippen LogP contribution in [0.5, 0.6) is 0 Å². The van der Waals surface area contributed by atoms with Crippen molar-refractivity contribution in [1.29, 1.82) is 0 Å². The highest BCUT2D eigenvalue weighted by molar-refractivity contribution is 9.10. The van der Waals surface area contributed by atoms with Gasteiger partial charge in [-0.2, -0.15) is 0 Å². The number of hydrogen-bond donors (Lipinski definition) is 1. The SMILES string of the molecule is Cc1cnccc1NCc1cccc(Br)c1. The molecule has 0 atom stereocenters. The van der Waals surface area contributed by atoms with Crippen molar-refractivity contribution >= 4 is 21.6 Å². The van der Waals surface area contributed by atoms with E-state index in [-0.39, 0.29) is 0 Å². The summed E-state index contributed by atoms with van der Waals surface area (Å²) >= 11 is 3.47. The standard InChI is InChI=1S/C13H13BrN2/c1-10-8-15-6-5-13(10)16-9-11-3-2-4-12(14)7-11/h2-8H,9H2,1H3,(H,15,16). The second-order valence-electron chi connectivity index (χ2n) is 3.67. The molecule has 0 saturated carbocycles. The van der Waals surface area contributed by atoms with Crippen molar-refractivity contribution in [3.05, 3.63) is 58.3 Å². The van der Waals surface area contributed by atoms with E-state index in [0.29, 0.717) is 0 Å². The molecule has 0 aliphatic heterocycles. The number of rotatable bonds is 3. The lowest BCUT2D eigenvalue weighted by Crippen LogP contribution is -2.01. The fraction of sp³-hybridized carbons (Fsp3) is 0.154. The Bertz CT molecular complexity index is 483. The molecule has 0 bridgehead atoms. The van der Waals surface area contributed by atoms with Crippen LogP contribution < -0.4 is 5.32 Å². The Hall–Kier alpha value is -1.35. The van der Waals surface area contributed by atoms with Gasteiger partial charge in [-0.1, -0.05) is 28.1 Å². The van der Waals surface area contributed by atoms with Crippen LogP contribution in [0.4, 0.5) is 5.69 Å². The molecule has 1 heterocycles. The third-order valence-corrected chi connectivity index (χ3v) is 2.89. The summed E-state index contributed by atoms with van der Waals surface area (Å²) in [5, 5.41) is 3.40. The third-order valence-electron chi connectivity index (χ3n) is 2.39. The van der Waals surface area contributed by atoms with Gasteiger partial charge in [0, 0.05) is 29.1 Å². The van der Waals surface area contributed by atoms with Crippen molar-refractivity contribution in [2.24, 2.45) is 0 Å². The summed E-state index contributed by atoms with van der Waals surface area (Å²) < 4.78 is 1.11. The summed E-state index contributed by atoms with van der Waals surface area (Å²) in [6.45, 7) is 2.88. The van der Waals surface area contributed by atoms with Crippen LogP contribution in [0.15, 0.2) is 47.2 Å². The molecule has 0 aliphatic carbocycles. The zero-order valence-electron chi connectivity index (χ0n) is 9.07. The van der Waals surface area contributed by atoms with Gasteiger partial charge in [-0.25, -0.2) is 0 Å². The van der Waals surface area contributed by atoms with Crippen LogP contribution in [-0.2, 0) is 6.54 Å². The molecular weight excluding hydrogens is 264 g/mol. The molecule has 1 N–H and O–H groups in total. The number of aryl methyl sites for hydroxylation is 1. The third kappa shape index (κ3) is 2.83. The minimum Gasteiger partial charge on any atom is -0.381 e. The highest BCUT2D eigenvalue weighted by Crippen LogP contribution is 2.15. The van der Waals surface area contributed by atoms with Gasteiger partial charge in [0.25, 0.3) is 0 Å². The lowest BCUT2D eigenvalue weighted by molar-refractivity contribution is 1.13. The fourth-order valence-corrected chi connectivity index (χ4v) is 1.96. The van der Waals surface area contributed by atoms with Crippen molar-refractivity contribution in [2.75, 3.05) is 5.32 Å². The fourth-order valence-electron chi connectivity index (χ4n) is 1.52. The average molecular weight is 277 g/mol. The van der Waals surface area contributed by atoms with Crippen LogP contribution in [0.25, 0.3) is 0 Å². The molecule has 0 aliphatic rings. The highest BCUT2D eigenvalue weighted by Gasteiger charge is 1.97. The molecule has 2 nitrogen and oxygen atoms in total. The molecule has 16 heavy (non-hydrogen) atoms. The van der Waals surface area contributed by atoms with E-state index in [9.17, 15) is 0 Å². The summed E-state index contributed by atoms with van der Waals surface area (Å²) in [5.74, 6) is 0. The molecule has 1 aromatic heterocycles. The summed E-state index contributed by atoms with van der Waals surface area (Å²) in [6.07, 6.45) is 3.67. The van der Waals surface area contributed by atoms with Crippen LogP contribution in [-0.4, -0.2) is 4.98 Å². The average Bonchev–Trinajstić information content (AvgIpc) is 2.28. The van der Waals surface area contributed by atoms with E-state index in [1.807, 2.05) is 24.4 Å². The van der Waals surface area contributed by atoms with Gasteiger partial charge in [-0.05, 0) is 36.2 Å². The van der Waals surface area contributed by atoms with E-state index in [4.69, 9.17) is 0 Å². The second kappa shape index (κ2) is 5.12. The molecular formula is C13H13BrN2. The number of halogens is 1. The Morgan fingerprint density at radius 1 is 1.31 bits per heavy atom. The number of aromatic nitrogens is 1. The Balaban J connectivity index is 2.05. The topological polar surface area (TPSA) is 24.9 Å². The first-order valence-electron chi connectivity index (χ1n) is 5.14. The highest BCUT2D eigenvalue weighted by atomic mass is 79.9. The van der Waals surface area contributed by atoms with Crippen molar-refractivity contribution in [1.82, 2.24) is 4.98 Å². The molecule has 2 aromatic rings. The predicted octanol–water partition coefficient (Wildman–Crippen LogP) is 3.76. The van der Waals surface area contributed by atoms with Crippen LogP contribution in [0.1, 0.15) is 11.1 Å². The number of nitrogens with one attached hydrogen (secondary N) is 1. The first-order valence-corrected chi connectivity index (χ1v) is 5.94. The molecule has 0 amide bonds. The van der Waals surface area contributed by atoms with Crippen molar-refractivity contribution in [3.63, 3.8) is 0 Å². The van der Waals surface area contributed by atoms with Gasteiger partial charge in [0.2, 0.25) is 0 Å². The summed E-state index contributed by atoms with van der Waals surface area (Å²) in [6, 6.07) is 10.3. The predicted molar refractivity (Wildman–Crippen MR) is 70.4 cm³/mol. The monoisotopic (exact) mass is 276 g/mol. The molecule has 3 heteroatoms. The maximum absolute atomic E-state index is 4.07. The van der Waals surface area contributed by atoms with E-state index >= 15 is 0 Å². The van der Waals surface area contributed by atoms with Gasteiger partial charge < -0.3 is 5.32 Å². The lowest BCUT2D eigenvalue weighted by atomic mass is 10.2. The van der Waals surface area contributed by atoms with Crippen LogP contribution in [0.3, 0.4) is 0 Å². The first-order chi connectivity index (χ1) is 7.75. The molecule has 1 aromatic carbocycles. The summed E-state index contributed by atoms with van der Waals surface area (Å²) in [5.41, 5.74) is 3.55. The van der Waals surface area contributed by atoms with Gasteiger partial charge in [0.05, 0.1) is 0 Å². The van der Waals surface area contributed by atoms with Gasteiger partial charge >= 0.3 is 0 Å². The minimum absolute atomic E-state index is 0.824. The first kappa shape index (κ1) is 11.1. The Morgan fingerprint density at radius 3 is 2.94 bits per heavy atom. The van der Waals surface area contributed by atoms with E-state index in [0.717, 1.165) is 22.3 Å². The van der Waals surface area contributed by atoms with E-state index < -0.39 is 0 Å².